The number of aliphatic hydroxyl groups is 2. The lowest BCUT2D eigenvalue weighted by Gasteiger charge is -2.30. The molecule has 498 valence electrons. The zero-order chi connectivity index (χ0) is 66.5. The highest BCUT2D eigenvalue weighted by Crippen LogP contribution is 2.61. The van der Waals surface area contributed by atoms with Crippen LogP contribution in [-0.2, 0) is 71.3 Å². The van der Waals surface area contributed by atoms with Gasteiger partial charge in [0.2, 0.25) is 28.7 Å². The summed E-state index contributed by atoms with van der Waals surface area (Å²) in [6.07, 6.45) is -2.25. The molecule has 4 aromatic rings. The molecule has 5 amide bonds. The molecule has 6 rings (SSSR count). The second-order valence-corrected chi connectivity index (χ2v) is 28.5. The third kappa shape index (κ3) is 21.6. The second-order valence-electron chi connectivity index (χ2n) is 21.5. The number of aliphatic hydroxyl groups excluding tert-OH is 2. The predicted molar refractivity (Wildman–Crippen MR) is 316 cm³/mol. The molecule has 1 saturated heterocycles. The van der Waals surface area contributed by atoms with Crippen LogP contribution in [0.3, 0.4) is 0 Å². The number of thioether (sulfide) groups is 1. The van der Waals surface area contributed by atoms with Crippen LogP contribution in [0.5, 0.6) is 11.5 Å². The number of phosphoric ester groups is 3. The van der Waals surface area contributed by atoms with E-state index in [0.29, 0.717) is 35.6 Å². The number of fused-ring (bicyclic) bond motifs is 1. The van der Waals surface area contributed by atoms with E-state index in [0.717, 1.165) is 49.0 Å². The molecule has 1 saturated carbocycles. The normalized spacial score (nSPS) is 19.8. The summed E-state index contributed by atoms with van der Waals surface area (Å²) in [5.41, 5.74) is 10.6. The summed E-state index contributed by atoms with van der Waals surface area (Å²) in [5.74, 6) is -3.42. The van der Waals surface area contributed by atoms with Crippen LogP contribution < -0.4 is 47.5 Å². The maximum Gasteiger partial charge on any atom is 0.481 e. The smallest absolute Gasteiger partial charge is 0.481 e. The number of imidazole rings is 1. The van der Waals surface area contributed by atoms with Crippen molar-refractivity contribution in [3.8, 4) is 11.5 Å². The Morgan fingerprint density at radius 3 is 2.21 bits per heavy atom. The van der Waals surface area contributed by atoms with E-state index in [2.05, 4.69) is 45.1 Å². The molecule has 2 aromatic heterocycles. The number of primary amides is 1. The quantitative estimate of drug-likeness (QED) is 0.0228. The van der Waals surface area contributed by atoms with Gasteiger partial charge in [-0.05, 0) is 61.1 Å². The minimum Gasteiger partial charge on any atom is -0.492 e. The first-order valence-electron chi connectivity index (χ1n) is 27.5. The van der Waals surface area contributed by atoms with Crippen molar-refractivity contribution in [2.24, 2.45) is 17.1 Å². The van der Waals surface area contributed by atoms with Crippen LogP contribution in [0, 0.1) is 11.3 Å². The molecule has 16 N–H and O–H groups in total. The van der Waals surface area contributed by atoms with Crippen molar-refractivity contribution >= 4 is 99.8 Å². The summed E-state index contributed by atoms with van der Waals surface area (Å²) < 4.78 is 86.7. The number of nitrogens with one attached hydrogen (secondary N) is 4. The van der Waals surface area contributed by atoms with Gasteiger partial charge in [0.1, 0.15) is 59.1 Å². The van der Waals surface area contributed by atoms with E-state index in [1.807, 2.05) is 0 Å². The van der Waals surface area contributed by atoms with Crippen LogP contribution in [-0.4, -0.2) is 169 Å². The average molecular weight is 1370 g/mol. The first kappa shape index (κ1) is 73.2. The highest BCUT2D eigenvalue weighted by molar-refractivity contribution is 8.13. The van der Waals surface area contributed by atoms with Crippen LogP contribution in [0.15, 0.2) is 49.1 Å². The number of carbonyl (C=O) groups excluding carboxylic acids is 6. The number of carbonyl (C=O) groups is 6. The molecule has 1 aliphatic carbocycles. The number of nitrogen functional groups attached to an aromatic ring is 1. The zero-order valence-corrected chi connectivity index (χ0v) is 53.2. The predicted octanol–water partition coefficient (Wildman–Crippen LogP) is 0.529. The fourth-order valence-corrected chi connectivity index (χ4v) is 13.5. The Kier molecular flexibility index (Phi) is 25.8. The van der Waals surface area contributed by atoms with Crippen molar-refractivity contribution < 1.29 is 119 Å². The Morgan fingerprint density at radius 1 is 0.856 bits per heavy atom. The van der Waals surface area contributed by atoms with Gasteiger partial charge in [-0.1, -0.05) is 57.0 Å². The van der Waals surface area contributed by atoms with Gasteiger partial charge in [0.05, 0.1) is 37.8 Å². The van der Waals surface area contributed by atoms with Gasteiger partial charge in [-0.15, -0.1) is 0 Å². The van der Waals surface area contributed by atoms with E-state index in [9.17, 15) is 86.6 Å². The summed E-state index contributed by atoms with van der Waals surface area (Å²) >= 11 is 0.704. The van der Waals surface area contributed by atoms with Crippen molar-refractivity contribution in [1.29, 1.82) is 0 Å². The molecule has 35 nitrogen and oxygen atoms in total. The number of ether oxygens (including phenoxy) is 3. The lowest BCUT2D eigenvalue weighted by atomic mass is 9.87. The number of hydrogen-bond acceptors (Lipinski definition) is 24. The number of anilines is 1. The van der Waals surface area contributed by atoms with Crippen molar-refractivity contribution in [2.45, 2.75) is 115 Å². The molecule has 40 heteroatoms. The number of amides is 5. The first-order chi connectivity index (χ1) is 42.0. The molecule has 3 heterocycles. The number of benzene rings is 2. The molecule has 9 unspecified atom stereocenters. The number of nitrogens with two attached hydrogens (primary N) is 2. The first-order valence-corrected chi connectivity index (χ1v) is 34.7. The summed E-state index contributed by atoms with van der Waals surface area (Å²) in [7, 11) is -21.7. The third-order valence-electron chi connectivity index (χ3n) is 13.9. The SMILES string of the molecule is CC(=O)NC(Cc1ccc(OCC(=O)SCCNC(=O)CCNC(=O)C(O)C(C)(C)COP(=O)(O)OP(=O)(O)OCC2OC(n3cnc4c(N)ncnc43)C(O)C2OP(=O)(O)O)c(P(=O)(O)O)c1)C(=O)NC(C)c1ccc(OCC2CCCCC2)c(C(N)=O)c1. The molecular formula is C50H72N10O25P4S. The molecule has 9 atom stereocenters. The molecular weight excluding hydrogens is 1300 g/mol. The second kappa shape index (κ2) is 31.7. The number of rotatable bonds is 33. The van der Waals surface area contributed by atoms with Crippen LogP contribution in [0.4, 0.5) is 5.82 Å². The molecule has 90 heavy (non-hydrogen) atoms. The minimum absolute atomic E-state index is 0.00246. The van der Waals surface area contributed by atoms with Crippen LogP contribution >= 0.6 is 42.8 Å². The van der Waals surface area contributed by atoms with Gasteiger partial charge in [-0.3, -0.25) is 51.5 Å². The number of hydrogen-bond donors (Lipinski definition) is 14. The van der Waals surface area contributed by atoms with Gasteiger partial charge in [0.15, 0.2) is 24.3 Å². The lowest BCUT2D eigenvalue weighted by Crippen LogP contribution is -2.48. The standard InChI is InChI=1S/C50H72N10O25P4S/c1-27(31-11-13-34(32(20-31)45(52)66)79-21-29-8-6-5-7-9-29)58-47(67)33(59-28(2)61)18-30-10-12-35(37(19-30)86(69,70)71)80-23-39(63)90-17-16-53-38(62)14-15-54-48(68)43(65)50(3,4)24-82-89(77,78)85-88(75,76)81-22-36-42(84-87(72,73)74)41(64)49(83-36)60-26-57-40-44(51)55-25-56-46(40)60/h10-13,19-20,25-27,29,33,36,41-43,49,64-65H,5-9,14-18,21-24H2,1-4H3,(H2,52,66)(H,53,62)(H,54,68)(H,58,67)(H,59,61)(H,75,76)(H,77,78)(H2,51,55,56)(H2,69,70,71)(H2,72,73,74). The topological polar surface area (TPSA) is 541 Å². The third-order valence-corrected chi connectivity index (χ3v) is 18.8. The van der Waals surface area contributed by atoms with E-state index >= 15 is 0 Å². The van der Waals surface area contributed by atoms with E-state index < -0.39 is 139 Å². The lowest BCUT2D eigenvalue weighted by molar-refractivity contribution is -0.137. The van der Waals surface area contributed by atoms with E-state index in [1.165, 1.54) is 45.4 Å². The number of aromatic nitrogens is 4. The van der Waals surface area contributed by atoms with E-state index in [-0.39, 0.29) is 65.5 Å². The fourth-order valence-electron chi connectivity index (χ4n) is 9.30. The molecule has 0 radical (unpaired) electrons. The number of nitrogens with zero attached hydrogens (tertiary/aromatic N) is 4. The van der Waals surface area contributed by atoms with Crippen molar-refractivity contribution in [1.82, 2.24) is 40.8 Å². The molecule has 2 aliphatic rings. The summed E-state index contributed by atoms with van der Waals surface area (Å²) in [6.45, 7) is 2.39. The van der Waals surface area contributed by atoms with Crippen molar-refractivity contribution in [2.75, 3.05) is 51.0 Å². The Balaban J connectivity index is 0.902. The van der Waals surface area contributed by atoms with Gasteiger partial charge in [-0.2, -0.15) is 4.31 Å². The summed E-state index contributed by atoms with van der Waals surface area (Å²) in [4.78, 5) is 148. The Bertz CT molecular complexity index is 3440. The molecule has 0 spiro atoms. The molecule has 2 fully saturated rings. The maximum absolute atomic E-state index is 13.6. The number of phosphoric acid groups is 3. The Labute approximate surface area is 518 Å². The molecule has 0 bridgehead atoms. The van der Waals surface area contributed by atoms with Gasteiger partial charge < -0.3 is 86.5 Å². The Morgan fingerprint density at radius 2 is 1.54 bits per heavy atom. The highest BCUT2D eigenvalue weighted by atomic mass is 32.2. The molecule has 2 aromatic carbocycles. The van der Waals surface area contributed by atoms with E-state index in [1.54, 1.807) is 19.1 Å². The average Bonchev–Trinajstić information content (AvgIpc) is 1.77. The van der Waals surface area contributed by atoms with Gasteiger partial charge in [-0.25, -0.2) is 28.6 Å². The molecule has 1 aliphatic heterocycles. The van der Waals surface area contributed by atoms with Crippen LogP contribution in [0.2, 0.25) is 0 Å². The summed E-state index contributed by atoms with van der Waals surface area (Å²) in [6, 6.07) is 6.50. The largest absolute Gasteiger partial charge is 0.492 e. The highest BCUT2D eigenvalue weighted by Gasteiger charge is 2.50. The minimum atomic E-state index is -5.66. The van der Waals surface area contributed by atoms with Crippen LogP contribution in [0.25, 0.3) is 11.2 Å². The maximum atomic E-state index is 13.6. The monoisotopic (exact) mass is 1370 g/mol. The zero-order valence-electron chi connectivity index (χ0n) is 48.8. The van der Waals surface area contributed by atoms with Crippen molar-refractivity contribution in [3.05, 3.63) is 65.7 Å². The van der Waals surface area contributed by atoms with Gasteiger partial charge in [0.25, 0.3) is 5.91 Å². The van der Waals surface area contributed by atoms with Crippen molar-refractivity contribution in [3.63, 3.8) is 0 Å². The van der Waals surface area contributed by atoms with Gasteiger partial charge in [0, 0.05) is 44.0 Å². The summed E-state index contributed by atoms with van der Waals surface area (Å²) in [5, 5.41) is 30.6. The Hall–Kier alpha value is -5.84. The van der Waals surface area contributed by atoms with Crippen LogP contribution in [0.1, 0.15) is 100.0 Å². The van der Waals surface area contributed by atoms with Gasteiger partial charge >= 0.3 is 31.1 Å². The fraction of sp³-hybridized carbons (Fsp3) is 0.540. The van der Waals surface area contributed by atoms with E-state index in [4.69, 9.17) is 34.7 Å².